The van der Waals surface area contributed by atoms with E-state index in [0.29, 0.717) is 0 Å². The van der Waals surface area contributed by atoms with E-state index in [1.54, 1.807) is 4.90 Å². The van der Waals surface area contributed by atoms with Crippen molar-refractivity contribution in [1.82, 2.24) is 4.31 Å². The molecular formula is C17H17F3N2O3S. The van der Waals surface area contributed by atoms with Gasteiger partial charge in [-0.2, -0.15) is 4.31 Å². The molecule has 0 spiro atoms. The molecule has 9 heteroatoms. The van der Waals surface area contributed by atoms with Crippen LogP contribution >= 0.6 is 0 Å². The molecular weight excluding hydrogens is 369 g/mol. The van der Waals surface area contributed by atoms with E-state index in [1.165, 1.54) is 23.5 Å². The summed E-state index contributed by atoms with van der Waals surface area (Å²) in [6.07, 6.45) is 0. The van der Waals surface area contributed by atoms with E-state index < -0.39 is 27.5 Å². The molecule has 1 fully saturated rings. The van der Waals surface area contributed by atoms with Crippen LogP contribution in [0.4, 0.5) is 18.9 Å². The highest BCUT2D eigenvalue weighted by atomic mass is 32.2. The molecule has 0 bridgehead atoms. The van der Waals surface area contributed by atoms with Crippen molar-refractivity contribution >= 4 is 15.7 Å². The molecule has 0 amide bonds. The highest BCUT2D eigenvalue weighted by Crippen LogP contribution is 2.29. The predicted molar refractivity (Wildman–Crippen MR) is 90.3 cm³/mol. The molecule has 1 aliphatic rings. The zero-order valence-electron chi connectivity index (χ0n) is 14.0. The highest BCUT2D eigenvalue weighted by Gasteiger charge is 2.29. The quantitative estimate of drug-likeness (QED) is 0.811. The topological polar surface area (TPSA) is 49.9 Å². The van der Waals surface area contributed by atoms with E-state index in [-0.39, 0.29) is 42.5 Å². The number of nitrogens with zero attached hydrogens (tertiary/aromatic N) is 2. The molecule has 3 rings (SSSR count). The summed E-state index contributed by atoms with van der Waals surface area (Å²) >= 11 is 0. The third-order valence-electron chi connectivity index (χ3n) is 4.25. The van der Waals surface area contributed by atoms with Crippen LogP contribution in [0.25, 0.3) is 0 Å². The van der Waals surface area contributed by atoms with Gasteiger partial charge in [0.1, 0.15) is 11.6 Å². The van der Waals surface area contributed by atoms with Crippen LogP contribution in [0.2, 0.25) is 0 Å². The first-order valence-corrected chi connectivity index (χ1v) is 9.30. The van der Waals surface area contributed by atoms with E-state index in [4.69, 9.17) is 4.74 Å². The minimum absolute atomic E-state index is 0.00553. The van der Waals surface area contributed by atoms with Gasteiger partial charge in [0.15, 0.2) is 11.6 Å². The molecule has 1 saturated heterocycles. The van der Waals surface area contributed by atoms with Crippen molar-refractivity contribution < 1.29 is 26.3 Å². The molecule has 140 valence electrons. The van der Waals surface area contributed by atoms with Gasteiger partial charge in [-0.15, -0.1) is 0 Å². The van der Waals surface area contributed by atoms with Crippen molar-refractivity contribution in [2.24, 2.45) is 0 Å². The molecule has 0 aliphatic carbocycles. The maximum absolute atomic E-state index is 14.2. The van der Waals surface area contributed by atoms with Gasteiger partial charge in [0.2, 0.25) is 10.0 Å². The van der Waals surface area contributed by atoms with Gasteiger partial charge >= 0.3 is 0 Å². The molecule has 1 aliphatic heterocycles. The van der Waals surface area contributed by atoms with Crippen LogP contribution in [0.3, 0.4) is 0 Å². The summed E-state index contributed by atoms with van der Waals surface area (Å²) in [7, 11) is -2.51. The van der Waals surface area contributed by atoms with Crippen molar-refractivity contribution in [3.8, 4) is 5.75 Å². The van der Waals surface area contributed by atoms with Crippen molar-refractivity contribution in [2.75, 3.05) is 38.2 Å². The maximum atomic E-state index is 14.2. The van der Waals surface area contributed by atoms with Crippen molar-refractivity contribution in [3.05, 3.63) is 53.8 Å². The van der Waals surface area contributed by atoms with Crippen LogP contribution in [0.15, 0.2) is 41.3 Å². The van der Waals surface area contributed by atoms with E-state index >= 15 is 0 Å². The van der Waals surface area contributed by atoms with Crippen LogP contribution in [-0.2, 0) is 10.0 Å². The number of hydrogen-bond donors (Lipinski definition) is 0. The minimum atomic E-state index is -3.76. The molecule has 26 heavy (non-hydrogen) atoms. The number of methoxy groups -OCH3 is 1. The Kier molecular flexibility index (Phi) is 5.10. The summed E-state index contributed by atoms with van der Waals surface area (Å²) in [6.45, 7) is 0.603. The number of benzene rings is 2. The lowest BCUT2D eigenvalue weighted by Crippen LogP contribution is -2.48. The zero-order valence-corrected chi connectivity index (χ0v) is 14.8. The number of rotatable bonds is 4. The molecule has 0 aromatic heterocycles. The van der Waals surface area contributed by atoms with Gasteiger partial charge in [0, 0.05) is 38.3 Å². The first-order chi connectivity index (χ1) is 12.3. The molecule has 2 aromatic carbocycles. The molecule has 0 radical (unpaired) electrons. The van der Waals surface area contributed by atoms with E-state index in [9.17, 15) is 21.6 Å². The second kappa shape index (κ2) is 7.16. The van der Waals surface area contributed by atoms with E-state index in [2.05, 4.69) is 0 Å². The van der Waals surface area contributed by atoms with Crippen LogP contribution in [-0.4, -0.2) is 46.0 Å². The summed E-state index contributed by atoms with van der Waals surface area (Å²) in [6, 6.07) is 6.58. The van der Waals surface area contributed by atoms with Crippen molar-refractivity contribution in [2.45, 2.75) is 4.90 Å². The molecule has 0 N–H and O–H groups in total. The number of hydrogen-bond acceptors (Lipinski definition) is 4. The van der Waals surface area contributed by atoms with Gasteiger partial charge in [-0.3, -0.25) is 0 Å². The Labute approximate surface area is 149 Å². The first-order valence-electron chi connectivity index (χ1n) is 7.86. The third kappa shape index (κ3) is 3.49. The van der Waals surface area contributed by atoms with Crippen LogP contribution in [0, 0.1) is 17.5 Å². The Morgan fingerprint density at radius 1 is 0.923 bits per heavy atom. The molecule has 0 atom stereocenters. The normalized spacial score (nSPS) is 15.9. The van der Waals surface area contributed by atoms with Crippen LogP contribution in [0.5, 0.6) is 5.75 Å². The average Bonchev–Trinajstić information content (AvgIpc) is 2.63. The Morgan fingerprint density at radius 2 is 1.54 bits per heavy atom. The monoisotopic (exact) mass is 386 g/mol. The number of sulfonamides is 1. The summed E-state index contributed by atoms with van der Waals surface area (Å²) in [5, 5.41) is 0. The van der Waals surface area contributed by atoms with Gasteiger partial charge < -0.3 is 9.64 Å². The zero-order chi connectivity index (χ0) is 18.9. The van der Waals surface area contributed by atoms with Crippen LogP contribution < -0.4 is 9.64 Å². The standard InChI is InChI=1S/C17H17F3N2O3S/c1-25-17-11-14(19)16(10-15(17)20)21-6-8-22(9-7-21)26(23,24)13-4-2-12(18)3-5-13/h2-5,10-11H,6-9H2,1H3. The van der Waals surface area contributed by atoms with Gasteiger partial charge in [-0.25, -0.2) is 21.6 Å². The van der Waals surface area contributed by atoms with Gasteiger partial charge in [-0.1, -0.05) is 0 Å². The van der Waals surface area contributed by atoms with Gasteiger partial charge in [0.25, 0.3) is 0 Å². The molecule has 0 unspecified atom stereocenters. The van der Waals surface area contributed by atoms with Crippen LogP contribution in [0.1, 0.15) is 0 Å². The summed E-state index contributed by atoms with van der Waals surface area (Å²) in [4.78, 5) is 1.57. The molecule has 0 saturated carbocycles. The smallest absolute Gasteiger partial charge is 0.243 e. The Balaban J connectivity index is 1.75. The lowest BCUT2D eigenvalue weighted by Gasteiger charge is -2.35. The molecule has 5 nitrogen and oxygen atoms in total. The van der Waals surface area contributed by atoms with Gasteiger partial charge in [-0.05, 0) is 24.3 Å². The predicted octanol–water partition coefficient (Wildman–Crippen LogP) is 2.62. The molecule has 2 aromatic rings. The average molecular weight is 386 g/mol. The van der Waals surface area contributed by atoms with E-state index in [1.807, 2.05) is 0 Å². The number of halogens is 3. The fourth-order valence-corrected chi connectivity index (χ4v) is 4.26. The SMILES string of the molecule is COc1cc(F)c(N2CCN(S(=O)(=O)c3ccc(F)cc3)CC2)cc1F. The second-order valence-electron chi connectivity index (χ2n) is 5.78. The summed E-state index contributed by atoms with van der Waals surface area (Å²) in [5.41, 5.74) is 0.0575. The lowest BCUT2D eigenvalue weighted by atomic mass is 10.2. The second-order valence-corrected chi connectivity index (χ2v) is 7.72. The minimum Gasteiger partial charge on any atom is -0.494 e. The van der Waals surface area contributed by atoms with Crippen molar-refractivity contribution in [3.63, 3.8) is 0 Å². The number of piperazine rings is 1. The Hall–Kier alpha value is -2.26. The third-order valence-corrected chi connectivity index (χ3v) is 6.16. The Bertz CT molecular complexity index is 896. The van der Waals surface area contributed by atoms with Crippen molar-refractivity contribution in [1.29, 1.82) is 0 Å². The fraction of sp³-hybridized carbons (Fsp3) is 0.294. The largest absolute Gasteiger partial charge is 0.494 e. The van der Waals surface area contributed by atoms with E-state index in [0.717, 1.165) is 24.3 Å². The first kappa shape index (κ1) is 18.5. The number of anilines is 1. The highest BCUT2D eigenvalue weighted by molar-refractivity contribution is 7.89. The maximum Gasteiger partial charge on any atom is 0.243 e. The fourth-order valence-electron chi connectivity index (χ4n) is 2.84. The number of ether oxygens (including phenoxy) is 1. The van der Waals surface area contributed by atoms with Gasteiger partial charge in [0.05, 0.1) is 17.7 Å². The summed E-state index contributed by atoms with van der Waals surface area (Å²) in [5.74, 6) is -2.04. The molecule has 1 heterocycles. The Morgan fingerprint density at radius 3 is 2.12 bits per heavy atom. The summed E-state index contributed by atoms with van der Waals surface area (Å²) < 4.78 is 72.2. The lowest BCUT2D eigenvalue weighted by molar-refractivity contribution is 0.376.